The summed E-state index contributed by atoms with van der Waals surface area (Å²) < 4.78 is 11.2. The van der Waals surface area contributed by atoms with Crippen LogP contribution in [0.1, 0.15) is 17.9 Å². The molecule has 7 heteroatoms. The highest BCUT2D eigenvalue weighted by Crippen LogP contribution is 2.32. The Kier molecular flexibility index (Phi) is 5.31. The molecule has 0 aliphatic carbocycles. The van der Waals surface area contributed by atoms with E-state index in [0.29, 0.717) is 28.8 Å². The molecule has 1 aliphatic rings. The lowest BCUT2D eigenvalue weighted by molar-refractivity contribution is 0.518. The van der Waals surface area contributed by atoms with E-state index in [-0.39, 0.29) is 0 Å². The van der Waals surface area contributed by atoms with Crippen LogP contribution in [0.15, 0.2) is 94.2 Å². The Hall–Kier alpha value is -3.97. The topological polar surface area (TPSA) is 67.3 Å². The number of furan rings is 2. The first-order valence-electron chi connectivity index (χ1n) is 11.2. The molecule has 6 rings (SSSR count). The second kappa shape index (κ2) is 8.76. The van der Waals surface area contributed by atoms with Gasteiger partial charge in [-0.3, -0.25) is 0 Å². The summed E-state index contributed by atoms with van der Waals surface area (Å²) in [6, 6.07) is 23.9. The van der Waals surface area contributed by atoms with E-state index in [2.05, 4.69) is 40.5 Å². The molecule has 0 amide bonds. The Morgan fingerprint density at radius 2 is 1.56 bits per heavy atom. The third-order valence-corrected chi connectivity index (χ3v) is 6.53. The zero-order valence-electron chi connectivity index (χ0n) is 18.3. The first kappa shape index (κ1) is 20.6. The lowest BCUT2D eigenvalue weighted by Gasteiger charge is -2.21. The van der Waals surface area contributed by atoms with Gasteiger partial charge in [-0.1, -0.05) is 30.3 Å². The summed E-state index contributed by atoms with van der Waals surface area (Å²) >= 11 is 5.74. The van der Waals surface area contributed by atoms with E-state index in [1.165, 1.54) is 5.56 Å². The van der Waals surface area contributed by atoms with Gasteiger partial charge in [0.15, 0.2) is 16.6 Å². The highest BCUT2D eigenvalue weighted by Gasteiger charge is 2.25. The average molecular weight is 467 g/mol. The smallest absolute Gasteiger partial charge is 0.173 e. The molecule has 168 valence electrons. The first-order chi connectivity index (χ1) is 16.7. The molecule has 2 aromatic carbocycles. The van der Waals surface area contributed by atoms with Crippen molar-refractivity contribution in [3.8, 4) is 22.9 Å². The lowest BCUT2D eigenvalue weighted by atomic mass is 9.99. The van der Waals surface area contributed by atoms with Crippen LogP contribution in [0.4, 0.5) is 5.69 Å². The third-order valence-electron chi connectivity index (χ3n) is 6.17. The minimum atomic E-state index is 0.499. The quantitative estimate of drug-likeness (QED) is 0.310. The number of fused-ring (bicyclic) bond motifs is 1. The van der Waals surface area contributed by atoms with Gasteiger partial charge in [-0.2, -0.15) is 0 Å². The van der Waals surface area contributed by atoms with Gasteiger partial charge < -0.3 is 19.1 Å². The molecule has 0 saturated carbocycles. The number of nitrogens with one attached hydrogen (secondary N) is 1. The fourth-order valence-corrected chi connectivity index (χ4v) is 4.73. The monoisotopic (exact) mass is 466 g/mol. The Morgan fingerprint density at radius 1 is 0.853 bits per heavy atom. The van der Waals surface area contributed by atoms with Crippen molar-refractivity contribution in [2.24, 2.45) is 0 Å². The van der Waals surface area contributed by atoms with E-state index in [4.69, 9.17) is 31.0 Å². The molecule has 0 radical (unpaired) electrons. The van der Waals surface area contributed by atoms with Gasteiger partial charge in [-0.25, -0.2) is 9.97 Å². The molecular weight excluding hydrogens is 444 g/mol. The predicted molar refractivity (Wildman–Crippen MR) is 137 cm³/mol. The molecule has 0 spiro atoms. The number of benzene rings is 2. The highest BCUT2D eigenvalue weighted by atomic mass is 32.1. The fraction of sp³-hybridized carbons (Fsp3) is 0.148. The van der Waals surface area contributed by atoms with E-state index in [9.17, 15) is 0 Å². The SMILES string of the molecule is S=C(Nc1ccc2nc(-c3ccco3)c(-c3ccco3)nc2c1)N1CCC(c2ccccc2)C1. The second-order valence-electron chi connectivity index (χ2n) is 8.35. The molecule has 6 nitrogen and oxygen atoms in total. The number of rotatable bonds is 4. The summed E-state index contributed by atoms with van der Waals surface area (Å²) in [5.41, 5.74) is 5.05. The largest absolute Gasteiger partial charge is 0.463 e. The van der Waals surface area contributed by atoms with Crippen molar-refractivity contribution < 1.29 is 8.83 Å². The normalized spacial score (nSPS) is 15.6. The number of likely N-dealkylation sites (tertiary alicyclic amines) is 1. The van der Waals surface area contributed by atoms with Gasteiger partial charge in [0.1, 0.15) is 11.4 Å². The van der Waals surface area contributed by atoms with Crippen molar-refractivity contribution >= 4 is 34.1 Å². The second-order valence-corrected chi connectivity index (χ2v) is 8.74. The molecule has 3 aromatic heterocycles. The summed E-state index contributed by atoms with van der Waals surface area (Å²) in [5, 5.41) is 4.12. The Labute approximate surface area is 202 Å². The first-order valence-corrected chi connectivity index (χ1v) is 11.7. The maximum absolute atomic E-state index is 5.74. The summed E-state index contributed by atoms with van der Waals surface area (Å²) in [6.07, 6.45) is 4.35. The fourth-order valence-electron chi connectivity index (χ4n) is 4.45. The van der Waals surface area contributed by atoms with Crippen LogP contribution in [0.5, 0.6) is 0 Å². The van der Waals surface area contributed by atoms with Crippen LogP contribution in [0, 0.1) is 0 Å². The van der Waals surface area contributed by atoms with Gasteiger partial charge in [0.05, 0.1) is 23.6 Å². The number of nitrogens with zero attached hydrogens (tertiary/aromatic N) is 3. The van der Waals surface area contributed by atoms with Gasteiger partial charge in [0.2, 0.25) is 0 Å². The van der Waals surface area contributed by atoms with Crippen LogP contribution >= 0.6 is 12.2 Å². The minimum Gasteiger partial charge on any atom is -0.463 e. The molecular formula is C27H22N4O2S. The molecule has 1 N–H and O–H groups in total. The van der Waals surface area contributed by atoms with Gasteiger partial charge >= 0.3 is 0 Å². The standard InChI is InChI=1S/C27H22N4O2S/c34-27(31-13-12-19(17-31)18-6-2-1-3-7-18)28-20-10-11-21-22(16-20)30-26(24-9-5-15-33-24)25(29-21)23-8-4-14-32-23/h1-11,14-16,19H,12-13,17H2,(H,28,34). The van der Waals surface area contributed by atoms with Gasteiger partial charge in [0, 0.05) is 24.7 Å². The van der Waals surface area contributed by atoms with E-state index in [0.717, 1.165) is 41.3 Å². The molecule has 1 unspecified atom stereocenters. The van der Waals surface area contributed by atoms with E-state index in [1.54, 1.807) is 12.5 Å². The summed E-state index contributed by atoms with van der Waals surface area (Å²) in [5.74, 6) is 1.78. The molecule has 0 bridgehead atoms. The Bertz CT molecular complexity index is 1430. The zero-order valence-corrected chi connectivity index (χ0v) is 19.2. The number of thiocarbonyl (C=S) groups is 1. The van der Waals surface area contributed by atoms with E-state index >= 15 is 0 Å². The van der Waals surface area contributed by atoms with Crippen molar-refractivity contribution in [3.05, 3.63) is 90.9 Å². The van der Waals surface area contributed by atoms with Crippen molar-refractivity contribution in [3.63, 3.8) is 0 Å². The predicted octanol–water partition coefficient (Wildman–Crippen LogP) is 6.34. The number of hydrogen-bond acceptors (Lipinski definition) is 5. The van der Waals surface area contributed by atoms with E-state index in [1.807, 2.05) is 42.5 Å². The van der Waals surface area contributed by atoms with Crippen LogP contribution in [0.2, 0.25) is 0 Å². The number of hydrogen-bond donors (Lipinski definition) is 1. The maximum Gasteiger partial charge on any atom is 0.173 e. The molecule has 5 aromatic rings. The van der Waals surface area contributed by atoms with Crippen LogP contribution in [0.3, 0.4) is 0 Å². The van der Waals surface area contributed by atoms with Crippen LogP contribution in [-0.4, -0.2) is 33.1 Å². The summed E-state index contributed by atoms with van der Waals surface area (Å²) in [7, 11) is 0. The minimum absolute atomic E-state index is 0.499. The van der Waals surface area contributed by atoms with Crippen molar-refractivity contribution in [1.29, 1.82) is 0 Å². The number of aromatic nitrogens is 2. The molecule has 1 aliphatic heterocycles. The summed E-state index contributed by atoms with van der Waals surface area (Å²) in [4.78, 5) is 11.9. The lowest BCUT2D eigenvalue weighted by Crippen LogP contribution is -2.32. The van der Waals surface area contributed by atoms with Crippen LogP contribution < -0.4 is 5.32 Å². The van der Waals surface area contributed by atoms with Gasteiger partial charge in [-0.05, 0) is 66.7 Å². The zero-order chi connectivity index (χ0) is 22.9. The molecule has 1 atom stereocenters. The summed E-state index contributed by atoms with van der Waals surface area (Å²) in [6.45, 7) is 1.85. The van der Waals surface area contributed by atoms with Crippen molar-refractivity contribution in [2.45, 2.75) is 12.3 Å². The van der Waals surface area contributed by atoms with Gasteiger partial charge in [0.25, 0.3) is 0 Å². The van der Waals surface area contributed by atoms with Crippen LogP contribution in [0.25, 0.3) is 33.9 Å². The Morgan fingerprint density at radius 3 is 2.24 bits per heavy atom. The van der Waals surface area contributed by atoms with Crippen LogP contribution in [-0.2, 0) is 0 Å². The molecule has 1 fully saturated rings. The molecule has 4 heterocycles. The molecule has 34 heavy (non-hydrogen) atoms. The Balaban J connectivity index is 1.26. The highest BCUT2D eigenvalue weighted by molar-refractivity contribution is 7.80. The maximum atomic E-state index is 5.74. The average Bonchev–Trinajstić information content (AvgIpc) is 3.66. The number of anilines is 1. The third kappa shape index (κ3) is 3.95. The van der Waals surface area contributed by atoms with Gasteiger partial charge in [-0.15, -0.1) is 0 Å². The van der Waals surface area contributed by atoms with Crippen molar-refractivity contribution in [1.82, 2.24) is 14.9 Å². The van der Waals surface area contributed by atoms with Crippen molar-refractivity contribution in [2.75, 3.05) is 18.4 Å². The molecule has 1 saturated heterocycles. The van der Waals surface area contributed by atoms with E-state index < -0.39 is 0 Å².